The SMILES string of the molecule is CSc1ccc(-c2nc(CC(N)C(C)C)cs2)cc1. The normalized spacial score (nSPS) is 12.9. The third-order valence-electron chi connectivity index (χ3n) is 3.19. The molecule has 2 aromatic rings. The highest BCUT2D eigenvalue weighted by molar-refractivity contribution is 7.98. The van der Waals surface area contributed by atoms with Gasteiger partial charge in [0.15, 0.2) is 0 Å². The highest BCUT2D eigenvalue weighted by Gasteiger charge is 2.11. The molecule has 4 heteroatoms. The van der Waals surface area contributed by atoms with Crippen molar-refractivity contribution in [2.75, 3.05) is 6.26 Å². The van der Waals surface area contributed by atoms with E-state index in [2.05, 4.69) is 49.7 Å². The van der Waals surface area contributed by atoms with E-state index in [0.717, 1.165) is 17.1 Å². The summed E-state index contributed by atoms with van der Waals surface area (Å²) < 4.78 is 0. The number of rotatable bonds is 5. The number of nitrogens with zero attached hydrogens (tertiary/aromatic N) is 1. The lowest BCUT2D eigenvalue weighted by Crippen LogP contribution is -2.28. The standard InChI is InChI=1S/C15H20N2S2/c1-10(2)14(16)8-12-9-19-15(17-12)11-4-6-13(18-3)7-5-11/h4-7,9-10,14H,8,16H2,1-3H3. The molecule has 0 amide bonds. The first kappa shape index (κ1) is 14.6. The summed E-state index contributed by atoms with van der Waals surface area (Å²) in [6.45, 7) is 4.30. The minimum absolute atomic E-state index is 0.189. The lowest BCUT2D eigenvalue weighted by molar-refractivity contribution is 0.487. The van der Waals surface area contributed by atoms with E-state index in [0.29, 0.717) is 5.92 Å². The maximum absolute atomic E-state index is 6.10. The number of nitrogens with two attached hydrogens (primary N) is 1. The molecule has 1 aromatic carbocycles. The zero-order chi connectivity index (χ0) is 13.8. The largest absolute Gasteiger partial charge is 0.327 e. The molecule has 0 aliphatic rings. The Labute approximate surface area is 123 Å². The lowest BCUT2D eigenvalue weighted by Gasteiger charge is -2.13. The summed E-state index contributed by atoms with van der Waals surface area (Å²) in [7, 11) is 0. The van der Waals surface area contributed by atoms with E-state index in [1.54, 1.807) is 23.1 Å². The van der Waals surface area contributed by atoms with Gasteiger partial charge in [-0.3, -0.25) is 0 Å². The van der Waals surface area contributed by atoms with Gasteiger partial charge < -0.3 is 5.73 Å². The van der Waals surface area contributed by atoms with Crippen molar-refractivity contribution >= 4 is 23.1 Å². The van der Waals surface area contributed by atoms with Crippen LogP contribution in [0, 0.1) is 5.92 Å². The molecule has 102 valence electrons. The molecule has 0 radical (unpaired) electrons. The van der Waals surface area contributed by atoms with Gasteiger partial charge >= 0.3 is 0 Å². The van der Waals surface area contributed by atoms with Gasteiger partial charge in [-0.1, -0.05) is 26.0 Å². The Morgan fingerprint density at radius 2 is 1.95 bits per heavy atom. The second-order valence-corrected chi connectivity index (χ2v) is 6.72. The predicted octanol–water partition coefficient (Wildman–Crippen LogP) is 4.06. The predicted molar refractivity (Wildman–Crippen MR) is 85.8 cm³/mol. The van der Waals surface area contributed by atoms with Crippen LogP contribution in [0.4, 0.5) is 0 Å². The van der Waals surface area contributed by atoms with Crippen LogP contribution < -0.4 is 5.73 Å². The Bertz CT molecular complexity index is 517. The number of thioether (sulfide) groups is 1. The molecule has 2 rings (SSSR count). The van der Waals surface area contributed by atoms with E-state index in [1.807, 2.05) is 0 Å². The van der Waals surface area contributed by atoms with Gasteiger partial charge in [-0.15, -0.1) is 23.1 Å². The smallest absolute Gasteiger partial charge is 0.123 e. The summed E-state index contributed by atoms with van der Waals surface area (Å²) in [5.74, 6) is 0.492. The van der Waals surface area contributed by atoms with Crippen LogP contribution in [-0.2, 0) is 6.42 Å². The van der Waals surface area contributed by atoms with Crippen LogP contribution in [0.1, 0.15) is 19.5 Å². The van der Waals surface area contributed by atoms with Crippen LogP contribution in [0.25, 0.3) is 10.6 Å². The molecular weight excluding hydrogens is 272 g/mol. The van der Waals surface area contributed by atoms with Crippen LogP contribution in [0.15, 0.2) is 34.5 Å². The summed E-state index contributed by atoms with van der Waals surface area (Å²) >= 11 is 3.45. The molecule has 1 unspecified atom stereocenters. The summed E-state index contributed by atoms with van der Waals surface area (Å²) in [5.41, 5.74) is 8.39. The topological polar surface area (TPSA) is 38.9 Å². The van der Waals surface area contributed by atoms with Crippen LogP contribution in [0.2, 0.25) is 0 Å². The Morgan fingerprint density at radius 1 is 1.26 bits per heavy atom. The van der Waals surface area contributed by atoms with Gasteiger partial charge in [0.2, 0.25) is 0 Å². The van der Waals surface area contributed by atoms with Gasteiger partial charge in [-0.2, -0.15) is 0 Å². The van der Waals surface area contributed by atoms with Crippen molar-refractivity contribution in [2.24, 2.45) is 11.7 Å². The van der Waals surface area contributed by atoms with E-state index < -0.39 is 0 Å². The minimum Gasteiger partial charge on any atom is -0.327 e. The van der Waals surface area contributed by atoms with Crippen molar-refractivity contribution in [3.05, 3.63) is 35.3 Å². The molecule has 1 aromatic heterocycles. The van der Waals surface area contributed by atoms with Crippen molar-refractivity contribution < 1.29 is 0 Å². The summed E-state index contributed by atoms with van der Waals surface area (Å²) in [6.07, 6.45) is 2.95. The van der Waals surface area contributed by atoms with Gasteiger partial charge in [0, 0.05) is 28.3 Å². The summed E-state index contributed by atoms with van der Waals surface area (Å²) in [5, 5.41) is 3.21. The van der Waals surface area contributed by atoms with Crippen molar-refractivity contribution in [2.45, 2.75) is 31.2 Å². The Morgan fingerprint density at radius 3 is 2.53 bits per heavy atom. The monoisotopic (exact) mass is 292 g/mol. The summed E-state index contributed by atoms with van der Waals surface area (Å²) in [6, 6.07) is 8.74. The van der Waals surface area contributed by atoms with Gasteiger partial charge in [-0.25, -0.2) is 4.98 Å². The second kappa shape index (κ2) is 6.55. The first-order valence-electron chi connectivity index (χ1n) is 6.44. The van der Waals surface area contributed by atoms with Crippen molar-refractivity contribution in [3.63, 3.8) is 0 Å². The molecule has 0 spiro atoms. The van der Waals surface area contributed by atoms with E-state index in [-0.39, 0.29) is 6.04 Å². The molecule has 1 heterocycles. The first-order valence-corrected chi connectivity index (χ1v) is 8.55. The Hall–Kier alpha value is -0.840. The molecule has 0 aliphatic heterocycles. The molecule has 0 aliphatic carbocycles. The van der Waals surface area contributed by atoms with Crippen LogP contribution in [0.5, 0.6) is 0 Å². The van der Waals surface area contributed by atoms with E-state index in [9.17, 15) is 0 Å². The van der Waals surface area contributed by atoms with E-state index in [1.165, 1.54) is 10.5 Å². The molecule has 2 nitrogen and oxygen atoms in total. The average Bonchev–Trinajstić information content (AvgIpc) is 2.87. The fourth-order valence-corrected chi connectivity index (χ4v) is 2.99. The second-order valence-electron chi connectivity index (χ2n) is 4.98. The van der Waals surface area contributed by atoms with Crippen molar-refractivity contribution in [1.29, 1.82) is 0 Å². The molecular formula is C15H20N2S2. The van der Waals surface area contributed by atoms with Crippen molar-refractivity contribution in [3.8, 4) is 10.6 Å². The van der Waals surface area contributed by atoms with Crippen LogP contribution in [0.3, 0.4) is 0 Å². The average molecular weight is 292 g/mol. The molecule has 0 saturated heterocycles. The fourth-order valence-electron chi connectivity index (χ4n) is 1.74. The van der Waals surface area contributed by atoms with Gasteiger partial charge in [-0.05, 0) is 24.3 Å². The maximum atomic E-state index is 6.10. The fraction of sp³-hybridized carbons (Fsp3) is 0.400. The zero-order valence-electron chi connectivity index (χ0n) is 11.6. The summed E-state index contributed by atoms with van der Waals surface area (Å²) in [4.78, 5) is 5.97. The Balaban J connectivity index is 2.11. The third kappa shape index (κ3) is 3.81. The van der Waals surface area contributed by atoms with Gasteiger partial charge in [0.1, 0.15) is 5.01 Å². The quantitative estimate of drug-likeness (QED) is 0.845. The van der Waals surface area contributed by atoms with E-state index in [4.69, 9.17) is 10.7 Å². The third-order valence-corrected chi connectivity index (χ3v) is 4.87. The zero-order valence-corrected chi connectivity index (χ0v) is 13.2. The van der Waals surface area contributed by atoms with E-state index >= 15 is 0 Å². The molecule has 19 heavy (non-hydrogen) atoms. The highest BCUT2D eigenvalue weighted by atomic mass is 32.2. The molecule has 0 saturated carbocycles. The van der Waals surface area contributed by atoms with Crippen molar-refractivity contribution in [1.82, 2.24) is 4.98 Å². The molecule has 0 bridgehead atoms. The number of aromatic nitrogens is 1. The highest BCUT2D eigenvalue weighted by Crippen LogP contribution is 2.26. The van der Waals surface area contributed by atoms with Gasteiger partial charge in [0.05, 0.1) is 5.69 Å². The van der Waals surface area contributed by atoms with Crippen LogP contribution >= 0.6 is 23.1 Å². The Kier molecular flexibility index (Phi) is 5.02. The number of thiazole rings is 1. The number of hydrogen-bond acceptors (Lipinski definition) is 4. The van der Waals surface area contributed by atoms with Crippen LogP contribution in [-0.4, -0.2) is 17.3 Å². The first-order chi connectivity index (χ1) is 9.10. The number of hydrogen-bond donors (Lipinski definition) is 1. The minimum atomic E-state index is 0.189. The maximum Gasteiger partial charge on any atom is 0.123 e. The van der Waals surface area contributed by atoms with Gasteiger partial charge in [0.25, 0.3) is 0 Å². The molecule has 1 atom stereocenters. The lowest BCUT2D eigenvalue weighted by atomic mass is 10.0. The number of benzene rings is 1. The molecule has 2 N–H and O–H groups in total. The molecule has 0 fully saturated rings.